The Kier molecular flexibility index (Phi) is 8.16. The summed E-state index contributed by atoms with van der Waals surface area (Å²) in [5, 5.41) is 24.9. The number of carboxylic acids is 1. The summed E-state index contributed by atoms with van der Waals surface area (Å²) in [6.45, 7) is 3.45. The van der Waals surface area contributed by atoms with Crippen LogP contribution < -0.4 is 39.4 Å². The number of carbonyl (C=O) groups excluding carboxylic acids is 2. The first-order chi connectivity index (χ1) is 16.9. The molecule has 3 aromatic rings. The van der Waals surface area contributed by atoms with Crippen LogP contribution in [-0.2, 0) is 16.0 Å². The first-order valence-corrected chi connectivity index (χ1v) is 12.6. The van der Waals surface area contributed by atoms with Gasteiger partial charge in [0.25, 0.3) is 0 Å². The molecule has 182 valence electrons. The number of ether oxygens (including phenoxy) is 1. The van der Waals surface area contributed by atoms with E-state index in [0.717, 1.165) is 28.1 Å². The van der Waals surface area contributed by atoms with Crippen molar-refractivity contribution in [2.45, 2.75) is 37.6 Å². The molecule has 8 nitrogen and oxygen atoms in total. The molecule has 10 heteroatoms. The number of nitrogens with one attached hydrogen (secondary N) is 1. The zero-order valence-electron chi connectivity index (χ0n) is 20.4. The van der Waals surface area contributed by atoms with Gasteiger partial charge in [0.05, 0.1) is 29.7 Å². The molecule has 1 fully saturated rings. The molecule has 4 atom stereocenters. The monoisotopic (exact) mass is 515 g/mol. The minimum absolute atomic E-state index is 0. The average molecular weight is 516 g/mol. The van der Waals surface area contributed by atoms with E-state index in [9.17, 15) is 19.8 Å². The van der Waals surface area contributed by atoms with Gasteiger partial charge in [0.2, 0.25) is 5.91 Å². The van der Waals surface area contributed by atoms with Crippen LogP contribution in [0, 0.1) is 11.8 Å². The first kappa shape index (κ1) is 26.8. The van der Waals surface area contributed by atoms with Crippen LogP contribution >= 0.6 is 11.8 Å². The molecule has 2 aliphatic rings. The number of nitrogens with zero attached hydrogens (tertiary/aromatic N) is 2. The van der Waals surface area contributed by atoms with Crippen LogP contribution in [0.2, 0.25) is 0 Å². The quantitative estimate of drug-likeness (QED) is 0.216. The van der Waals surface area contributed by atoms with E-state index in [1.54, 1.807) is 31.1 Å². The molecule has 2 aliphatic heterocycles. The maximum absolute atomic E-state index is 12.5. The number of H-pyrrole nitrogens is 1. The van der Waals surface area contributed by atoms with Crippen LogP contribution in [0.1, 0.15) is 19.4 Å². The number of thioether (sulfide) groups is 1. The van der Waals surface area contributed by atoms with Gasteiger partial charge in [-0.2, -0.15) is 0 Å². The molecule has 0 radical (unpaired) electrons. The zero-order valence-corrected chi connectivity index (χ0v) is 23.2. The number of fused-ring (bicyclic) bond motifs is 2. The van der Waals surface area contributed by atoms with Gasteiger partial charge < -0.3 is 29.6 Å². The van der Waals surface area contributed by atoms with Crippen molar-refractivity contribution >= 4 is 34.4 Å². The molecule has 36 heavy (non-hydrogen) atoms. The van der Waals surface area contributed by atoms with Crippen LogP contribution in [0.15, 0.2) is 65.2 Å². The number of hydrogen-bond donors (Lipinski definition) is 2. The number of hydrogen-bond acceptors (Lipinski definition) is 7. The molecule has 0 bridgehead atoms. The Balaban J connectivity index is 0.00000304. The molecule has 0 unspecified atom stereocenters. The molecule has 1 amide bonds. The van der Waals surface area contributed by atoms with E-state index in [1.165, 1.54) is 10.5 Å². The Hall–Kier alpha value is -2.30. The first-order valence-electron chi connectivity index (χ1n) is 11.6. The Morgan fingerprint density at radius 1 is 1.28 bits per heavy atom. The molecular weight excluding hydrogens is 489 g/mol. The number of aliphatic hydroxyl groups is 1. The van der Waals surface area contributed by atoms with Crippen LogP contribution in [-0.4, -0.2) is 56.4 Å². The average Bonchev–Trinajstić information content (AvgIpc) is 3.42. The normalized spacial score (nSPS) is 21.7. The predicted molar refractivity (Wildman–Crippen MR) is 129 cm³/mol. The zero-order chi connectivity index (χ0) is 24.7. The maximum atomic E-state index is 12.5. The van der Waals surface area contributed by atoms with Crippen molar-refractivity contribution in [2.24, 2.45) is 11.8 Å². The van der Waals surface area contributed by atoms with Crippen molar-refractivity contribution < 1.29 is 54.1 Å². The van der Waals surface area contributed by atoms with E-state index in [0.29, 0.717) is 11.3 Å². The van der Waals surface area contributed by atoms with Crippen molar-refractivity contribution in [3.63, 3.8) is 0 Å². The predicted octanol–water partition coefficient (Wildman–Crippen LogP) is -0.858. The number of imidazole rings is 1. The molecule has 1 saturated heterocycles. The van der Waals surface area contributed by atoms with Crippen molar-refractivity contribution in [3.8, 4) is 5.75 Å². The summed E-state index contributed by atoms with van der Waals surface area (Å²) in [5.74, 6) is -1.14. The number of aryl methyl sites for hydroxylation is 1. The number of aromatic amines is 1. The summed E-state index contributed by atoms with van der Waals surface area (Å²) in [7, 11) is 0. The van der Waals surface area contributed by atoms with Gasteiger partial charge in [-0.15, -0.1) is 0 Å². The third-order valence-electron chi connectivity index (χ3n) is 6.95. The summed E-state index contributed by atoms with van der Waals surface area (Å²) in [6.07, 6.45) is 3.54. The van der Waals surface area contributed by atoms with Gasteiger partial charge in [-0.05, 0) is 35.9 Å². The Morgan fingerprint density at radius 3 is 2.72 bits per heavy atom. The third kappa shape index (κ3) is 4.70. The molecule has 0 aliphatic carbocycles. The molecule has 3 heterocycles. The van der Waals surface area contributed by atoms with E-state index < -0.39 is 18.0 Å². The molecular formula is C26H26N3NaO5S. The smallest absolute Gasteiger partial charge is 0.543 e. The summed E-state index contributed by atoms with van der Waals surface area (Å²) < 4.78 is 6.16. The molecule has 5 rings (SSSR count). The molecule has 2 N–H and O–H groups in total. The molecule has 2 aromatic carbocycles. The van der Waals surface area contributed by atoms with Crippen LogP contribution in [0.3, 0.4) is 0 Å². The molecule has 0 spiro atoms. The Labute approximate surface area is 235 Å². The topological polar surface area (TPSA) is 119 Å². The van der Waals surface area contributed by atoms with Gasteiger partial charge in [0, 0.05) is 29.5 Å². The summed E-state index contributed by atoms with van der Waals surface area (Å²) in [5.41, 5.74) is 1.57. The van der Waals surface area contributed by atoms with E-state index in [4.69, 9.17) is 4.74 Å². The number of benzene rings is 2. The van der Waals surface area contributed by atoms with E-state index in [1.807, 2.05) is 31.2 Å². The van der Waals surface area contributed by atoms with E-state index >= 15 is 0 Å². The van der Waals surface area contributed by atoms with Crippen molar-refractivity contribution in [3.05, 3.63) is 65.6 Å². The fourth-order valence-electron chi connectivity index (χ4n) is 5.26. The second kappa shape index (κ2) is 11.0. The van der Waals surface area contributed by atoms with Crippen molar-refractivity contribution in [1.29, 1.82) is 0 Å². The van der Waals surface area contributed by atoms with Crippen LogP contribution in [0.4, 0.5) is 0 Å². The Bertz CT molecular complexity index is 1310. The van der Waals surface area contributed by atoms with Crippen molar-refractivity contribution in [2.75, 3.05) is 12.4 Å². The number of aromatic nitrogens is 2. The Morgan fingerprint density at radius 2 is 2.03 bits per heavy atom. The number of rotatable bonds is 9. The maximum Gasteiger partial charge on any atom is 1.00 e. The number of amides is 1. The minimum atomic E-state index is -1.40. The van der Waals surface area contributed by atoms with Crippen LogP contribution in [0.25, 0.3) is 10.8 Å². The standard InChI is InChI=1S/C26H27N3O5S.Na/c1-14-19(23(25(32)33)29-22(14)21(15(2)30)24(29)31)13-34-20-8-4-6-17-16(5-3-7-18(17)20)9-12-35-26-27-10-11-28-26;/h3-8,10-11,14-15,21-22,30H,9,12-13H2,1-2H3,(H,27,28)(H,32,33);/q;+1/p-1/t14-,15+,21+,22+;/m0./s1. The number of carbonyl (C=O) groups is 2. The van der Waals surface area contributed by atoms with Gasteiger partial charge in [0.15, 0.2) is 5.16 Å². The molecule has 1 aromatic heterocycles. The number of aliphatic carboxylic acids is 1. The SMILES string of the molecule is C[C@@H](O)[C@H]1C(=O)N2C(C(=O)[O-])=C(COc3cccc4c(CCSc5ncc[nH]5)cccc34)[C@H](C)[C@H]12.[Na+]. The fraction of sp³-hybridized carbons (Fsp3) is 0.346. The summed E-state index contributed by atoms with van der Waals surface area (Å²) >= 11 is 1.66. The summed E-state index contributed by atoms with van der Waals surface area (Å²) in [4.78, 5) is 33.1. The summed E-state index contributed by atoms with van der Waals surface area (Å²) in [6, 6.07) is 11.5. The minimum Gasteiger partial charge on any atom is -0.543 e. The van der Waals surface area contributed by atoms with Crippen molar-refractivity contribution in [1.82, 2.24) is 14.9 Å². The number of aliphatic hydroxyl groups excluding tert-OH is 1. The molecule has 0 saturated carbocycles. The van der Waals surface area contributed by atoms with E-state index in [-0.39, 0.29) is 59.7 Å². The number of carboxylic acid groups (broad SMARTS) is 1. The van der Waals surface area contributed by atoms with Gasteiger partial charge in [-0.25, -0.2) is 4.98 Å². The van der Waals surface area contributed by atoms with Gasteiger partial charge in [-0.3, -0.25) is 4.79 Å². The van der Waals surface area contributed by atoms with Crippen LogP contribution in [0.5, 0.6) is 5.75 Å². The fourth-order valence-corrected chi connectivity index (χ4v) is 6.06. The van der Waals surface area contributed by atoms with Gasteiger partial charge >= 0.3 is 29.6 Å². The third-order valence-corrected chi connectivity index (χ3v) is 7.85. The number of β-lactam (4-membered cyclic amide) rings is 1. The second-order valence-electron chi connectivity index (χ2n) is 8.97. The van der Waals surface area contributed by atoms with Gasteiger partial charge in [-0.1, -0.05) is 49.0 Å². The second-order valence-corrected chi connectivity index (χ2v) is 10.0. The largest absolute Gasteiger partial charge is 1.00 e. The van der Waals surface area contributed by atoms with Gasteiger partial charge in [0.1, 0.15) is 12.4 Å². The van der Waals surface area contributed by atoms with E-state index in [2.05, 4.69) is 22.1 Å².